The van der Waals surface area contributed by atoms with E-state index in [9.17, 15) is 4.79 Å². The van der Waals surface area contributed by atoms with E-state index < -0.39 is 0 Å². The lowest BCUT2D eigenvalue weighted by Crippen LogP contribution is -2.24. The molecule has 0 aliphatic carbocycles. The second kappa shape index (κ2) is 4.88. The van der Waals surface area contributed by atoms with Crippen LogP contribution in [0.1, 0.15) is 18.9 Å². The summed E-state index contributed by atoms with van der Waals surface area (Å²) in [4.78, 5) is 13.2. The summed E-state index contributed by atoms with van der Waals surface area (Å²) >= 11 is 0. The third-order valence-electron chi connectivity index (χ3n) is 2.85. The molecular weight excluding hydrogens is 216 g/mol. The van der Waals surface area contributed by atoms with Gasteiger partial charge in [-0.25, -0.2) is 4.79 Å². The van der Waals surface area contributed by atoms with Crippen molar-refractivity contribution in [3.63, 3.8) is 0 Å². The van der Waals surface area contributed by atoms with Gasteiger partial charge in [-0.1, -0.05) is 19.1 Å². The van der Waals surface area contributed by atoms with Crippen molar-refractivity contribution >= 4 is 11.8 Å². The number of anilines is 1. The summed E-state index contributed by atoms with van der Waals surface area (Å²) in [6.45, 7) is 2.54. The smallest absolute Gasteiger partial charge is 0.414 e. The molecule has 2 rings (SSSR count). The molecule has 1 atom stereocenters. The van der Waals surface area contributed by atoms with Crippen LogP contribution in [-0.2, 0) is 11.2 Å². The number of hydrogen-bond acceptors (Lipinski definition) is 3. The van der Waals surface area contributed by atoms with Gasteiger partial charge in [0.15, 0.2) is 0 Å². The molecule has 0 saturated carbocycles. The van der Waals surface area contributed by atoms with Gasteiger partial charge >= 0.3 is 6.09 Å². The van der Waals surface area contributed by atoms with Crippen LogP contribution < -0.4 is 4.90 Å². The number of ether oxygens (including phenoxy) is 1. The third-order valence-corrected chi connectivity index (χ3v) is 2.85. The quantitative estimate of drug-likeness (QED) is 0.801. The van der Waals surface area contributed by atoms with Crippen molar-refractivity contribution in [2.75, 3.05) is 11.4 Å². The average Bonchev–Trinajstić information content (AvgIpc) is 2.71. The molecule has 1 aromatic carbocycles. The van der Waals surface area contributed by atoms with Crippen molar-refractivity contribution in [1.82, 2.24) is 0 Å². The van der Waals surface area contributed by atoms with Crippen LogP contribution in [0.2, 0.25) is 0 Å². The number of carbonyl (C=O) groups is 1. The van der Waals surface area contributed by atoms with Crippen LogP contribution in [0.15, 0.2) is 24.3 Å². The van der Waals surface area contributed by atoms with Gasteiger partial charge in [0.05, 0.1) is 19.0 Å². The summed E-state index contributed by atoms with van der Waals surface area (Å²) in [5, 5.41) is 8.58. The molecule has 0 spiro atoms. The Bertz CT molecular complexity index is 447. The van der Waals surface area contributed by atoms with Crippen LogP contribution in [0.25, 0.3) is 0 Å². The Kier molecular flexibility index (Phi) is 3.29. The molecule has 1 aromatic rings. The lowest BCUT2D eigenvalue weighted by atomic mass is 10.1. The Hall–Kier alpha value is -2.02. The van der Waals surface area contributed by atoms with E-state index in [0.29, 0.717) is 6.54 Å². The highest BCUT2D eigenvalue weighted by Gasteiger charge is 2.31. The molecular formula is C13H14N2O2. The summed E-state index contributed by atoms with van der Waals surface area (Å²) in [5.41, 5.74) is 2.06. The number of benzene rings is 1. The molecule has 1 amide bonds. The van der Waals surface area contributed by atoms with Crippen LogP contribution in [0.3, 0.4) is 0 Å². The second-order valence-corrected chi connectivity index (χ2v) is 4.00. The number of nitrogens with zero attached hydrogens (tertiary/aromatic N) is 2. The maximum atomic E-state index is 11.6. The highest BCUT2D eigenvalue weighted by molar-refractivity contribution is 5.89. The number of nitriles is 1. The molecule has 17 heavy (non-hydrogen) atoms. The van der Waals surface area contributed by atoms with E-state index >= 15 is 0 Å². The van der Waals surface area contributed by atoms with E-state index in [2.05, 4.69) is 6.92 Å². The molecule has 0 radical (unpaired) electrons. The Morgan fingerprint density at radius 3 is 2.76 bits per heavy atom. The Morgan fingerprint density at radius 2 is 2.18 bits per heavy atom. The van der Waals surface area contributed by atoms with Crippen molar-refractivity contribution in [3.8, 4) is 6.07 Å². The topological polar surface area (TPSA) is 53.3 Å². The zero-order valence-corrected chi connectivity index (χ0v) is 9.72. The van der Waals surface area contributed by atoms with Crippen molar-refractivity contribution in [3.05, 3.63) is 29.8 Å². The number of rotatable bonds is 3. The number of hydrogen-bond donors (Lipinski definition) is 0. The van der Waals surface area contributed by atoms with E-state index in [0.717, 1.165) is 12.1 Å². The molecule has 88 valence electrons. The molecule has 1 saturated heterocycles. The van der Waals surface area contributed by atoms with E-state index in [-0.39, 0.29) is 18.6 Å². The average molecular weight is 230 g/mol. The first-order valence-electron chi connectivity index (χ1n) is 5.68. The van der Waals surface area contributed by atoms with E-state index in [1.165, 1.54) is 5.56 Å². The fourth-order valence-corrected chi connectivity index (χ4v) is 1.85. The molecule has 0 bridgehead atoms. The van der Waals surface area contributed by atoms with Crippen molar-refractivity contribution in [1.29, 1.82) is 5.26 Å². The highest BCUT2D eigenvalue weighted by atomic mass is 16.6. The molecule has 1 aliphatic heterocycles. The number of aryl methyl sites for hydroxylation is 1. The zero-order chi connectivity index (χ0) is 12.3. The Balaban J connectivity index is 2.12. The first-order chi connectivity index (χ1) is 8.24. The monoisotopic (exact) mass is 230 g/mol. The normalized spacial score (nSPS) is 18.9. The molecule has 1 fully saturated rings. The summed E-state index contributed by atoms with van der Waals surface area (Å²) in [6.07, 6.45) is 0.546. The van der Waals surface area contributed by atoms with Gasteiger partial charge in [-0.15, -0.1) is 0 Å². The number of cyclic esters (lactones) is 1. The van der Waals surface area contributed by atoms with Crippen LogP contribution in [0, 0.1) is 11.3 Å². The van der Waals surface area contributed by atoms with Gasteiger partial charge in [-0.3, -0.25) is 4.90 Å². The molecule has 1 aliphatic rings. The fraction of sp³-hybridized carbons (Fsp3) is 0.385. The largest absolute Gasteiger partial charge is 0.443 e. The molecule has 1 heterocycles. The Morgan fingerprint density at radius 1 is 1.47 bits per heavy atom. The predicted octanol–water partition coefficient (Wildman–Crippen LogP) is 2.49. The molecule has 0 aromatic heterocycles. The molecule has 4 nitrogen and oxygen atoms in total. The summed E-state index contributed by atoms with van der Waals surface area (Å²) in [7, 11) is 0. The first-order valence-corrected chi connectivity index (χ1v) is 5.68. The summed E-state index contributed by atoms with van der Waals surface area (Å²) in [6, 6.07) is 9.84. The summed E-state index contributed by atoms with van der Waals surface area (Å²) in [5.74, 6) is 0. The molecule has 4 heteroatoms. The van der Waals surface area contributed by atoms with Crippen molar-refractivity contribution < 1.29 is 9.53 Å². The van der Waals surface area contributed by atoms with Crippen LogP contribution in [0.5, 0.6) is 0 Å². The van der Waals surface area contributed by atoms with E-state index in [4.69, 9.17) is 10.00 Å². The maximum Gasteiger partial charge on any atom is 0.414 e. The van der Waals surface area contributed by atoms with Gasteiger partial charge in [0.25, 0.3) is 0 Å². The zero-order valence-electron chi connectivity index (χ0n) is 9.72. The maximum absolute atomic E-state index is 11.6. The second-order valence-electron chi connectivity index (χ2n) is 4.00. The van der Waals surface area contributed by atoms with Crippen LogP contribution in [0.4, 0.5) is 10.5 Å². The lowest BCUT2D eigenvalue weighted by Gasteiger charge is -2.12. The predicted molar refractivity (Wildman–Crippen MR) is 63.7 cm³/mol. The standard InChI is InChI=1S/C13H14N2O2/c1-2-10-3-5-11(6-4-10)15-9-12(7-8-14)17-13(15)16/h3-6,12H,2,7,9H2,1H3. The minimum absolute atomic E-state index is 0.245. The van der Waals surface area contributed by atoms with Crippen LogP contribution in [-0.4, -0.2) is 18.7 Å². The third kappa shape index (κ3) is 2.39. The van der Waals surface area contributed by atoms with Gasteiger partial charge in [-0.05, 0) is 24.1 Å². The van der Waals surface area contributed by atoms with Gasteiger partial charge in [-0.2, -0.15) is 5.26 Å². The van der Waals surface area contributed by atoms with Gasteiger partial charge in [0.1, 0.15) is 6.10 Å². The fourth-order valence-electron chi connectivity index (χ4n) is 1.85. The number of carbonyl (C=O) groups excluding carboxylic acids is 1. The van der Waals surface area contributed by atoms with E-state index in [1.54, 1.807) is 4.90 Å². The molecule has 0 N–H and O–H groups in total. The van der Waals surface area contributed by atoms with Gasteiger partial charge in [0, 0.05) is 5.69 Å². The minimum Gasteiger partial charge on any atom is -0.443 e. The van der Waals surface area contributed by atoms with Crippen molar-refractivity contribution in [2.45, 2.75) is 25.9 Å². The van der Waals surface area contributed by atoms with Crippen molar-refractivity contribution in [2.24, 2.45) is 0 Å². The SMILES string of the molecule is CCc1ccc(N2CC(CC#N)OC2=O)cc1. The Labute approximate surface area is 100 Å². The minimum atomic E-state index is -0.366. The highest BCUT2D eigenvalue weighted by Crippen LogP contribution is 2.23. The van der Waals surface area contributed by atoms with E-state index in [1.807, 2.05) is 30.3 Å². The molecule has 1 unspecified atom stereocenters. The lowest BCUT2D eigenvalue weighted by molar-refractivity contribution is 0.143. The van der Waals surface area contributed by atoms with Crippen LogP contribution >= 0.6 is 0 Å². The summed E-state index contributed by atoms with van der Waals surface area (Å²) < 4.78 is 5.09. The van der Waals surface area contributed by atoms with Gasteiger partial charge in [0.2, 0.25) is 0 Å². The number of amides is 1. The van der Waals surface area contributed by atoms with Gasteiger partial charge < -0.3 is 4.74 Å². The first kappa shape index (κ1) is 11.5.